The molecule has 2 unspecified atom stereocenters. The van der Waals surface area contributed by atoms with Crippen LogP contribution in [0, 0.1) is 11.8 Å². The molecule has 1 aromatic carbocycles. The highest BCUT2D eigenvalue weighted by molar-refractivity contribution is 7.46. The number of methoxy groups -OCH3 is 2. The molecular weight excluding hydrogens is 499 g/mol. The molecule has 2 atom stereocenters. The van der Waals surface area contributed by atoms with Gasteiger partial charge in [-0.25, -0.2) is 4.57 Å². The fraction of sp³-hybridized carbons (Fsp3) is 0.692. The van der Waals surface area contributed by atoms with Crippen LogP contribution in [0.2, 0.25) is 0 Å². The number of ether oxygens (including phenoxy) is 2. The van der Waals surface area contributed by atoms with E-state index in [9.17, 15) is 23.9 Å². The summed E-state index contributed by atoms with van der Waals surface area (Å²) in [5, 5.41) is 0. The fourth-order valence-corrected chi connectivity index (χ4v) is 7.70. The van der Waals surface area contributed by atoms with E-state index in [0.29, 0.717) is 12.0 Å². The van der Waals surface area contributed by atoms with E-state index in [1.165, 1.54) is 0 Å². The fourth-order valence-electron chi connectivity index (χ4n) is 7.26. The Hall–Kier alpha value is -1.65. The molecule has 6 saturated heterocycles. The average Bonchev–Trinajstić information content (AvgIpc) is 2.87. The Morgan fingerprint density at radius 3 is 1.78 bits per heavy atom. The average molecular weight is 537 g/mol. The summed E-state index contributed by atoms with van der Waals surface area (Å²) in [5.74, 6) is 0.347. The summed E-state index contributed by atoms with van der Waals surface area (Å²) in [5.41, 5.74) is -0.335. The number of phosphoric acid groups is 1. The van der Waals surface area contributed by atoms with Crippen LogP contribution in [0.4, 0.5) is 0 Å². The summed E-state index contributed by atoms with van der Waals surface area (Å²) in [4.78, 5) is 50.6. The molecule has 0 aromatic heterocycles. The van der Waals surface area contributed by atoms with Gasteiger partial charge < -0.3 is 14.0 Å². The smallest absolute Gasteiger partial charge is 0.404 e. The minimum Gasteiger partial charge on any atom is -0.404 e. The summed E-state index contributed by atoms with van der Waals surface area (Å²) in [6, 6.07) is 5.14. The molecule has 6 fully saturated rings. The van der Waals surface area contributed by atoms with Gasteiger partial charge in [0.2, 0.25) is 0 Å². The first-order chi connectivity index (χ1) is 17.6. The number of rotatable bonds is 10. The van der Waals surface area contributed by atoms with Crippen LogP contribution in [0.1, 0.15) is 36.8 Å². The SMILES string of the molecule is COCC1(Cc2ccc(OP(=O)(O)O)c(CC3(COC)C(=O)C4CCN3CC4)c2)C(=O)C2CCN1CC2. The van der Waals surface area contributed by atoms with Crippen molar-refractivity contribution < 1.29 is 37.9 Å². The Bertz CT molecular complexity index is 1090. The molecule has 11 heteroatoms. The molecule has 6 aliphatic heterocycles. The Morgan fingerprint density at radius 2 is 1.35 bits per heavy atom. The number of carbonyl (C=O) groups is 2. The third-order valence-corrected chi connectivity index (χ3v) is 9.38. The largest absolute Gasteiger partial charge is 0.524 e. The van der Waals surface area contributed by atoms with Crippen molar-refractivity contribution in [3.05, 3.63) is 29.3 Å². The molecule has 4 bridgehead atoms. The maximum Gasteiger partial charge on any atom is 0.524 e. The second kappa shape index (κ2) is 10.2. The van der Waals surface area contributed by atoms with Crippen LogP contribution in [0.25, 0.3) is 0 Å². The number of hydrogen-bond donors (Lipinski definition) is 2. The molecule has 2 N–H and O–H groups in total. The first kappa shape index (κ1) is 26.9. The van der Waals surface area contributed by atoms with Gasteiger partial charge in [0, 0.05) is 38.9 Å². The molecule has 6 aliphatic rings. The number of nitrogens with zero attached hydrogens (tertiary/aromatic N) is 2. The summed E-state index contributed by atoms with van der Waals surface area (Å²) in [6.07, 6.45) is 3.98. The summed E-state index contributed by atoms with van der Waals surface area (Å²) < 4.78 is 28.0. The van der Waals surface area contributed by atoms with Gasteiger partial charge >= 0.3 is 7.82 Å². The molecule has 204 valence electrons. The van der Waals surface area contributed by atoms with Crippen molar-refractivity contribution in [2.24, 2.45) is 11.8 Å². The Balaban J connectivity index is 1.53. The zero-order valence-electron chi connectivity index (χ0n) is 21.6. The van der Waals surface area contributed by atoms with Gasteiger partial charge in [-0.1, -0.05) is 12.1 Å². The van der Waals surface area contributed by atoms with E-state index in [1.807, 2.05) is 6.07 Å². The first-order valence-electron chi connectivity index (χ1n) is 13.1. The molecule has 0 radical (unpaired) electrons. The topological polar surface area (TPSA) is 126 Å². The Kier molecular flexibility index (Phi) is 7.39. The molecule has 0 saturated carbocycles. The van der Waals surface area contributed by atoms with Gasteiger partial charge in [-0.2, -0.15) is 0 Å². The van der Waals surface area contributed by atoms with Crippen molar-refractivity contribution in [1.29, 1.82) is 0 Å². The molecule has 37 heavy (non-hydrogen) atoms. The van der Waals surface area contributed by atoms with Gasteiger partial charge in [0.1, 0.15) is 16.8 Å². The highest BCUT2D eigenvalue weighted by atomic mass is 31.2. The minimum absolute atomic E-state index is 0.0325. The quantitative estimate of drug-likeness (QED) is 0.426. The number of fused-ring (bicyclic) bond motifs is 6. The lowest BCUT2D eigenvalue weighted by molar-refractivity contribution is -0.153. The van der Waals surface area contributed by atoms with Crippen molar-refractivity contribution in [2.45, 2.75) is 49.6 Å². The van der Waals surface area contributed by atoms with Crippen molar-refractivity contribution in [1.82, 2.24) is 9.80 Å². The van der Waals surface area contributed by atoms with Crippen molar-refractivity contribution >= 4 is 19.4 Å². The Morgan fingerprint density at radius 1 is 0.865 bits per heavy atom. The van der Waals surface area contributed by atoms with Gasteiger partial charge in [-0.15, -0.1) is 0 Å². The van der Waals surface area contributed by atoms with Gasteiger partial charge in [0.25, 0.3) is 0 Å². The van der Waals surface area contributed by atoms with Crippen LogP contribution >= 0.6 is 7.82 Å². The molecule has 7 rings (SSSR count). The molecule has 0 amide bonds. The lowest BCUT2D eigenvalue weighted by Crippen LogP contribution is -2.68. The zero-order valence-corrected chi connectivity index (χ0v) is 22.5. The summed E-state index contributed by atoms with van der Waals surface area (Å²) in [6.45, 7) is 3.69. The molecule has 0 spiro atoms. The van der Waals surface area contributed by atoms with E-state index >= 15 is 0 Å². The predicted octanol–water partition coefficient (Wildman–Crippen LogP) is 1.60. The van der Waals surface area contributed by atoms with Crippen LogP contribution in [0.15, 0.2) is 18.2 Å². The van der Waals surface area contributed by atoms with Gasteiger partial charge in [0.15, 0.2) is 11.6 Å². The van der Waals surface area contributed by atoms with Crippen molar-refractivity contribution in [3.63, 3.8) is 0 Å². The molecule has 0 aliphatic carbocycles. The van der Waals surface area contributed by atoms with Gasteiger partial charge in [-0.3, -0.25) is 29.2 Å². The minimum atomic E-state index is -4.84. The second-order valence-corrected chi connectivity index (χ2v) is 12.2. The lowest BCUT2D eigenvalue weighted by atomic mass is 9.69. The third kappa shape index (κ3) is 4.82. The molecule has 1 aromatic rings. The molecule has 10 nitrogen and oxygen atoms in total. The standard InChI is InChI=1S/C26H37N2O8P/c1-34-16-25(23(29)19-5-9-27(25)10-6-19)14-18-3-4-22(36-37(31,32)33)21(13-18)15-26(17-35-2)24(30)20-7-11-28(26)12-8-20/h3-4,13,19-20H,5-12,14-17H2,1-2H3,(H2,31,32,33). The van der Waals surface area contributed by atoms with E-state index in [2.05, 4.69) is 9.80 Å². The number of piperidine rings is 6. The predicted molar refractivity (Wildman–Crippen MR) is 134 cm³/mol. The monoisotopic (exact) mass is 536 g/mol. The van der Waals surface area contributed by atoms with Crippen LogP contribution in [-0.2, 0) is 36.5 Å². The van der Waals surface area contributed by atoms with Crippen LogP contribution in [0.5, 0.6) is 5.75 Å². The van der Waals surface area contributed by atoms with Gasteiger partial charge in [-0.05, 0) is 69.1 Å². The first-order valence-corrected chi connectivity index (χ1v) is 14.6. The van der Waals surface area contributed by atoms with E-state index in [4.69, 9.17) is 14.0 Å². The van der Waals surface area contributed by atoms with Crippen LogP contribution < -0.4 is 4.52 Å². The van der Waals surface area contributed by atoms with E-state index in [1.54, 1.807) is 26.4 Å². The van der Waals surface area contributed by atoms with E-state index in [-0.39, 0.29) is 48.8 Å². The zero-order chi connectivity index (χ0) is 26.4. The maximum atomic E-state index is 13.6. The van der Waals surface area contributed by atoms with E-state index < -0.39 is 18.9 Å². The van der Waals surface area contributed by atoms with Crippen molar-refractivity contribution in [2.75, 3.05) is 53.6 Å². The van der Waals surface area contributed by atoms with Gasteiger partial charge in [0.05, 0.1) is 13.2 Å². The third-order valence-electron chi connectivity index (χ3n) is 8.95. The van der Waals surface area contributed by atoms with Crippen LogP contribution in [-0.4, -0.2) is 95.8 Å². The number of hydrogen-bond acceptors (Lipinski definition) is 8. The van der Waals surface area contributed by atoms with E-state index in [0.717, 1.165) is 57.4 Å². The van der Waals surface area contributed by atoms with Crippen molar-refractivity contribution in [3.8, 4) is 5.75 Å². The number of carbonyl (C=O) groups excluding carboxylic acids is 2. The molecular formula is C26H37N2O8P. The highest BCUT2D eigenvalue weighted by Gasteiger charge is 2.54. The number of ketones is 2. The van der Waals surface area contributed by atoms with Crippen LogP contribution in [0.3, 0.4) is 0 Å². The summed E-state index contributed by atoms with van der Waals surface area (Å²) in [7, 11) is -1.67. The molecule has 6 heterocycles. The Labute approximate surface area is 217 Å². The number of Topliss-reactive ketones (excluding diaryl/α,β-unsaturated/α-hetero) is 2. The number of phosphoric ester groups is 1. The normalized spacial score (nSPS) is 35.2. The number of benzene rings is 1. The second-order valence-electron chi connectivity index (χ2n) is 11.1. The lowest BCUT2D eigenvalue weighted by Gasteiger charge is -2.53. The maximum absolute atomic E-state index is 13.6. The summed E-state index contributed by atoms with van der Waals surface area (Å²) >= 11 is 0. The highest BCUT2D eigenvalue weighted by Crippen LogP contribution is 2.45.